The number of carbonyl (C=O) groups excluding carboxylic acids is 1. The summed E-state index contributed by atoms with van der Waals surface area (Å²) >= 11 is 0. The molecule has 0 radical (unpaired) electrons. The van der Waals surface area contributed by atoms with Gasteiger partial charge >= 0.3 is 5.97 Å². The lowest BCUT2D eigenvalue weighted by Gasteiger charge is -2.24. The first-order valence-electron chi connectivity index (χ1n) is 5.31. The zero-order valence-electron chi connectivity index (χ0n) is 9.13. The maximum Gasteiger partial charge on any atom is 0.338 e. The van der Waals surface area contributed by atoms with Crippen LogP contribution in [0.15, 0.2) is 42.5 Å². The predicted molar refractivity (Wildman–Crippen MR) is 60.2 cm³/mol. The minimum Gasteiger partial charge on any atom is -0.452 e. The molecule has 3 heteroatoms. The molecule has 0 aromatic heterocycles. The summed E-state index contributed by atoms with van der Waals surface area (Å²) in [5.74, 6) is -0.312. The van der Waals surface area contributed by atoms with Gasteiger partial charge in [-0.25, -0.2) is 4.79 Å². The maximum atomic E-state index is 11.7. The van der Waals surface area contributed by atoms with Gasteiger partial charge in [-0.2, -0.15) is 0 Å². The highest BCUT2D eigenvalue weighted by Gasteiger charge is 2.22. The molecule has 0 N–H and O–H groups in total. The van der Waals surface area contributed by atoms with Crippen LogP contribution in [-0.2, 0) is 9.47 Å². The van der Waals surface area contributed by atoms with Crippen LogP contribution in [0, 0.1) is 0 Å². The Kier molecular flexibility index (Phi) is 3.37. The molecule has 0 saturated heterocycles. The Bertz CT molecular complexity index is 383. The van der Waals surface area contributed by atoms with E-state index in [-0.39, 0.29) is 18.2 Å². The Hall–Kier alpha value is -1.61. The maximum absolute atomic E-state index is 11.7. The highest BCUT2D eigenvalue weighted by Crippen LogP contribution is 2.13. The number of ether oxygens (including phenoxy) is 2. The van der Waals surface area contributed by atoms with Gasteiger partial charge < -0.3 is 9.47 Å². The Balaban J connectivity index is 2.02. The second kappa shape index (κ2) is 4.94. The minimum atomic E-state index is -0.312. The molecule has 2 rings (SSSR count). The normalized spacial score (nSPS) is 24.1. The molecular formula is C13H14O3. The van der Waals surface area contributed by atoms with Crippen LogP contribution in [0.25, 0.3) is 0 Å². The molecule has 16 heavy (non-hydrogen) atoms. The van der Waals surface area contributed by atoms with E-state index in [0.717, 1.165) is 0 Å². The standard InChI is InChI=1S/C13H14O3/c1-10-12(8-5-9-15-10)16-13(14)11-6-3-2-4-7-11/h2-8,10,12H,9H2,1H3/t10-,12+/m0/s1. The first-order chi connectivity index (χ1) is 7.77. The lowest BCUT2D eigenvalue weighted by atomic mass is 10.1. The molecule has 0 aliphatic carbocycles. The lowest BCUT2D eigenvalue weighted by Crippen LogP contribution is -2.32. The molecule has 0 bridgehead atoms. The van der Waals surface area contributed by atoms with E-state index >= 15 is 0 Å². The second-order valence-electron chi connectivity index (χ2n) is 3.70. The second-order valence-corrected chi connectivity index (χ2v) is 3.70. The summed E-state index contributed by atoms with van der Waals surface area (Å²) in [6.45, 7) is 2.48. The first-order valence-corrected chi connectivity index (χ1v) is 5.31. The summed E-state index contributed by atoms with van der Waals surface area (Å²) < 4.78 is 10.7. The third-order valence-corrected chi connectivity index (χ3v) is 2.50. The van der Waals surface area contributed by atoms with Crippen molar-refractivity contribution in [3.8, 4) is 0 Å². The summed E-state index contributed by atoms with van der Waals surface area (Å²) in [4.78, 5) is 11.7. The average molecular weight is 218 g/mol. The topological polar surface area (TPSA) is 35.5 Å². The molecular weight excluding hydrogens is 204 g/mol. The average Bonchev–Trinajstić information content (AvgIpc) is 2.33. The van der Waals surface area contributed by atoms with Crippen LogP contribution >= 0.6 is 0 Å². The van der Waals surface area contributed by atoms with Gasteiger partial charge in [0, 0.05) is 0 Å². The molecule has 2 atom stereocenters. The summed E-state index contributed by atoms with van der Waals surface area (Å²) in [5, 5.41) is 0. The van der Waals surface area contributed by atoms with Gasteiger partial charge in [0.15, 0.2) is 0 Å². The van der Waals surface area contributed by atoms with Gasteiger partial charge in [-0.3, -0.25) is 0 Å². The van der Waals surface area contributed by atoms with Gasteiger partial charge in [0.1, 0.15) is 6.10 Å². The molecule has 0 spiro atoms. The number of esters is 1. The van der Waals surface area contributed by atoms with Gasteiger partial charge in [-0.15, -0.1) is 0 Å². The van der Waals surface area contributed by atoms with E-state index in [4.69, 9.17) is 9.47 Å². The van der Waals surface area contributed by atoms with Crippen molar-refractivity contribution < 1.29 is 14.3 Å². The molecule has 0 amide bonds. The van der Waals surface area contributed by atoms with E-state index in [0.29, 0.717) is 12.2 Å². The third-order valence-electron chi connectivity index (χ3n) is 2.50. The van der Waals surface area contributed by atoms with E-state index in [1.165, 1.54) is 0 Å². The number of rotatable bonds is 2. The molecule has 1 aliphatic heterocycles. The highest BCUT2D eigenvalue weighted by atomic mass is 16.6. The SMILES string of the molecule is C[C@@H]1OCC=C[C@H]1OC(=O)c1ccccc1. The Morgan fingerprint density at radius 3 is 2.81 bits per heavy atom. The first kappa shape index (κ1) is 10.9. The minimum absolute atomic E-state index is 0.0855. The van der Waals surface area contributed by atoms with Crippen LogP contribution in [0.1, 0.15) is 17.3 Å². The van der Waals surface area contributed by atoms with Crippen molar-refractivity contribution in [3.05, 3.63) is 48.0 Å². The monoisotopic (exact) mass is 218 g/mol. The van der Waals surface area contributed by atoms with Crippen molar-refractivity contribution in [2.45, 2.75) is 19.1 Å². The van der Waals surface area contributed by atoms with Crippen molar-refractivity contribution in [3.63, 3.8) is 0 Å². The quantitative estimate of drug-likeness (QED) is 0.564. The highest BCUT2D eigenvalue weighted by molar-refractivity contribution is 5.89. The van der Waals surface area contributed by atoms with Crippen molar-refractivity contribution >= 4 is 5.97 Å². The van der Waals surface area contributed by atoms with E-state index in [9.17, 15) is 4.79 Å². The van der Waals surface area contributed by atoms with E-state index in [1.54, 1.807) is 12.1 Å². The van der Waals surface area contributed by atoms with Crippen LogP contribution < -0.4 is 0 Å². The summed E-state index contributed by atoms with van der Waals surface area (Å²) in [5.41, 5.74) is 0.564. The van der Waals surface area contributed by atoms with Crippen molar-refractivity contribution in [1.29, 1.82) is 0 Å². The smallest absolute Gasteiger partial charge is 0.338 e. The molecule has 0 unspecified atom stereocenters. The van der Waals surface area contributed by atoms with Crippen molar-refractivity contribution in [1.82, 2.24) is 0 Å². The van der Waals surface area contributed by atoms with E-state index in [2.05, 4.69) is 0 Å². The fourth-order valence-electron chi connectivity index (χ4n) is 1.55. The summed E-state index contributed by atoms with van der Waals surface area (Å²) in [7, 11) is 0. The lowest BCUT2D eigenvalue weighted by molar-refractivity contribution is -0.0269. The summed E-state index contributed by atoms with van der Waals surface area (Å²) in [6, 6.07) is 8.96. The van der Waals surface area contributed by atoms with Crippen LogP contribution in [-0.4, -0.2) is 24.8 Å². The fourth-order valence-corrected chi connectivity index (χ4v) is 1.55. The molecule has 3 nitrogen and oxygen atoms in total. The number of hydrogen-bond acceptors (Lipinski definition) is 3. The number of carbonyl (C=O) groups is 1. The number of hydrogen-bond donors (Lipinski definition) is 0. The predicted octanol–water partition coefficient (Wildman–Crippen LogP) is 2.19. The Morgan fingerprint density at radius 2 is 2.12 bits per heavy atom. The largest absolute Gasteiger partial charge is 0.452 e. The summed E-state index contributed by atoms with van der Waals surface area (Å²) in [6.07, 6.45) is 3.36. The van der Waals surface area contributed by atoms with Crippen molar-refractivity contribution in [2.24, 2.45) is 0 Å². The zero-order chi connectivity index (χ0) is 11.4. The molecule has 1 heterocycles. The Labute approximate surface area is 94.7 Å². The van der Waals surface area contributed by atoms with Gasteiger partial charge in [0.2, 0.25) is 0 Å². The third kappa shape index (κ3) is 2.49. The van der Waals surface area contributed by atoms with Gasteiger partial charge in [0.25, 0.3) is 0 Å². The molecule has 0 saturated carbocycles. The molecule has 1 aromatic carbocycles. The zero-order valence-corrected chi connectivity index (χ0v) is 9.13. The molecule has 1 aromatic rings. The van der Waals surface area contributed by atoms with Gasteiger partial charge in [0.05, 0.1) is 18.3 Å². The van der Waals surface area contributed by atoms with Crippen LogP contribution in [0.2, 0.25) is 0 Å². The van der Waals surface area contributed by atoms with Gasteiger partial charge in [-0.1, -0.05) is 24.3 Å². The number of benzene rings is 1. The van der Waals surface area contributed by atoms with Crippen molar-refractivity contribution in [2.75, 3.05) is 6.61 Å². The van der Waals surface area contributed by atoms with Crippen LogP contribution in [0.3, 0.4) is 0 Å². The molecule has 84 valence electrons. The Morgan fingerprint density at radius 1 is 1.38 bits per heavy atom. The molecule has 0 fully saturated rings. The molecule has 1 aliphatic rings. The van der Waals surface area contributed by atoms with E-state index < -0.39 is 0 Å². The van der Waals surface area contributed by atoms with Crippen LogP contribution in [0.5, 0.6) is 0 Å². The van der Waals surface area contributed by atoms with Gasteiger partial charge in [-0.05, 0) is 25.1 Å². The fraction of sp³-hybridized carbons (Fsp3) is 0.308. The van der Waals surface area contributed by atoms with Crippen LogP contribution in [0.4, 0.5) is 0 Å². The van der Waals surface area contributed by atoms with E-state index in [1.807, 2.05) is 37.3 Å².